The van der Waals surface area contributed by atoms with Gasteiger partial charge in [0.1, 0.15) is 0 Å². The summed E-state index contributed by atoms with van der Waals surface area (Å²) in [6.07, 6.45) is 0.941. The van der Waals surface area contributed by atoms with Gasteiger partial charge in [-0.25, -0.2) is 9.59 Å². The number of amides is 1. The molecule has 0 heterocycles. The number of carboxylic acids is 1. The fourth-order valence-corrected chi connectivity index (χ4v) is 0.834. The molecule has 6 heteroatoms. The molecule has 0 aliphatic carbocycles. The lowest BCUT2D eigenvalue weighted by atomic mass is 10.3. The van der Waals surface area contributed by atoms with Crippen molar-refractivity contribution in [3.8, 4) is 0 Å². The van der Waals surface area contributed by atoms with Crippen LogP contribution < -0.4 is 5.32 Å². The standard InChI is InChI=1S/C9H17NO5/c1-3-4-5-15-9(13)10-7(6-14-2)8(11)12/h7H,3-6H2,1-2H3,(H,10,13)(H,11,12)/t7-/m0/s1. The quantitative estimate of drug-likeness (QED) is 0.613. The van der Waals surface area contributed by atoms with E-state index < -0.39 is 18.1 Å². The van der Waals surface area contributed by atoms with E-state index in [2.05, 4.69) is 10.1 Å². The third-order valence-electron chi connectivity index (χ3n) is 1.65. The maximum atomic E-state index is 11.1. The molecule has 0 saturated carbocycles. The summed E-state index contributed by atoms with van der Waals surface area (Å²) in [6.45, 7) is 2.17. The summed E-state index contributed by atoms with van der Waals surface area (Å²) < 4.78 is 9.38. The number of carboxylic acid groups (broad SMARTS) is 1. The number of nitrogens with one attached hydrogen (secondary N) is 1. The van der Waals surface area contributed by atoms with Crippen molar-refractivity contribution in [1.82, 2.24) is 5.32 Å². The first-order chi connectivity index (χ1) is 7.11. The predicted octanol–water partition coefficient (Wildman–Crippen LogP) is 0.612. The third-order valence-corrected chi connectivity index (χ3v) is 1.65. The van der Waals surface area contributed by atoms with Gasteiger partial charge in [0.2, 0.25) is 0 Å². The van der Waals surface area contributed by atoms with Crippen molar-refractivity contribution in [2.45, 2.75) is 25.8 Å². The number of alkyl carbamates (subject to hydrolysis) is 1. The smallest absolute Gasteiger partial charge is 0.407 e. The molecule has 0 aliphatic rings. The number of rotatable bonds is 7. The number of ether oxygens (including phenoxy) is 2. The molecule has 0 aromatic heterocycles. The molecular weight excluding hydrogens is 202 g/mol. The van der Waals surface area contributed by atoms with Crippen molar-refractivity contribution in [1.29, 1.82) is 0 Å². The van der Waals surface area contributed by atoms with Gasteiger partial charge >= 0.3 is 12.1 Å². The fourth-order valence-electron chi connectivity index (χ4n) is 0.834. The SMILES string of the molecule is CCCCOC(=O)N[C@@H](COC)C(=O)O. The molecule has 0 rings (SSSR count). The molecule has 0 saturated heterocycles. The minimum Gasteiger partial charge on any atom is -0.480 e. The largest absolute Gasteiger partial charge is 0.480 e. The summed E-state index contributed by atoms with van der Waals surface area (Å²) in [5.74, 6) is -1.15. The highest BCUT2D eigenvalue weighted by Gasteiger charge is 2.19. The molecule has 2 N–H and O–H groups in total. The van der Waals surface area contributed by atoms with E-state index in [9.17, 15) is 9.59 Å². The Bertz CT molecular complexity index is 207. The average molecular weight is 219 g/mol. The van der Waals surface area contributed by atoms with Gasteiger partial charge in [0.25, 0.3) is 0 Å². The number of carbonyl (C=O) groups excluding carboxylic acids is 1. The Kier molecular flexibility index (Phi) is 7.35. The molecular formula is C9H17NO5. The molecule has 1 atom stereocenters. The van der Waals surface area contributed by atoms with E-state index in [0.717, 1.165) is 12.8 Å². The number of unbranched alkanes of at least 4 members (excludes halogenated alkanes) is 1. The molecule has 0 spiro atoms. The molecule has 0 radical (unpaired) electrons. The van der Waals surface area contributed by atoms with Crippen molar-refractivity contribution in [2.24, 2.45) is 0 Å². The van der Waals surface area contributed by atoms with Crippen LogP contribution in [0.15, 0.2) is 0 Å². The van der Waals surface area contributed by atoms with E-state index in [4.69, 9.17) is 9.84 Å². The summed E-state index contributed by atoms with van der Waals surface area (Å²) >= 11 is 0. The number of aliphatic carboxylic acids is 1. The maximum absolute atomic E-state index is 11.1. The Morgan fingerprint density at radius 1 is 1.47 bits per heavy atom. The summed E-state index contributed by atoms with van der Waals surface area (Å²) in [5.41, 5.74) is 0. The van der Waals surface area contributed by atoms with E-state index in [1.807, 2.05) is 6.92 Å². The van der Waals surface area contributed by atoms with Gasteiger partial charge < -0.3 is 19.9 Å². The van der Waals surface area contributed by atoms with Gasteiger partial charge in [-0.1, -0.05) is 13.3 Å². The lowest BCUT2D eigenvalue weighted by Gasteiger charge is -2.13. The van der Waals surface area contributed by atoms with E-state index >= 15 is 0 Å². The highest BCUT2D eigenvalue weighted by molar-refractivity contribution is 5.79. The molecule has 0 bridgehead atoms. The Labute approximate surface area is 88.6 Å². The average Bonchev–Trinajstić information content (AvgIpc) is 2.17. The highest BCUT2D eigenvalue weighted by atomic mass is 16.5. The van der Waals surface area contributed by atoms with Gasteiger partial charge in [0.15, 0.2) is 6.04 Å². The lowest BCUT2D eigenvalue weighted by Crippen LogP contribution is -2.44. The van der Waals surface area contributed by atoms with Crippen LogP contribution in [0.25, 0.3) is 0 Å². The number of hydrogen-bond donors (Lipinski definition) is 2. The fraction of sp³-hybridized carbons (Fsp3) is 0.778. The minimum atomic E-state index is -1.15. The number of carbonyl (C=O) groups is 2. The van der Waals surface area contributed by atoms with Crippen LogP contribution >= 0.6 is 0 Å². The highest BCUT2D eigenvalue weighted by Crippen LogP contribution is 1.91. The Balaban J connectivity index is 3.84. The molecule has 0 unspecified atom stereocenters. The third kappa shape index (κ3) is 6.73. The summed E-state index contributed by atoms with van der Waals surface area (Å²) in [4.78, 5) is 21.7. The molecule has 6 nitrogen and oxygen atoms in total. The zero-order valence-corrected chi connectivity index (χ0v) is 8.99. The van der Waals surface area contributed by atoms with Crippen LogP contribution in [0.5, 0.6) is 0 Å². The first-order valence-electron chi connectivity index (χ1n) is 4.76. The second-order valence-corrected chi connectivity index (χ2v) is 2.98. The molecule has 88 valence electrons. The van der Waals surface area contributed by atoms with E-state index in [-0.39, 0.29) is 6.61 Å². The first-order valence-corrected chi connectivity index (χ1v) is 4.76. The Morgan fingerprint density at radius 3 is 2.60 bits per heavy atom. The van der Waals surface area contributed by atoms with Crippen LogP contribution in [-0.4, -0.2) is 43.5 Å². The van der Waals surface area contributed by atoms with E-state index in [1.165, 1.54) is 7.11 Å². The second kappa shape index (κ2) is 8.05. The maximum Gasteiger partial charge on any atom is 0.407 e. The van der Waals surface area contributed by atoms with Crippen molar-refractivity contribution < 1.29 is 24.2 Å². The molecule has 1 amide bonds. The van der Waals surface area contributed by atoms with Crippen LogP contribution in [0.1, 0.15) is 19.8 Å². The van der Waals surface area contributed by atoms with Gasteiger partial charge in [-0.3, -0.25) is 0 Å². The molecule has 0 aromatic carbocycles. The Morgan fingerprint density at radius 2 is 2.13 bits per heavy atom. The normalized spacial score (nSPS) is 11.9. The molecule has 0 aliphatic heterocycles. The Hall–Kier alpha value is -1.30. The predicted molar refractivity (Wildman–Crippen MR) is 52.7 cm³/mol. The van der Waals surface area contributed by atoms with Crippen LogP contribution in [0, 0.1) is 0 Å². The lowest BCUT2D eigenvalue weighted by molar-refractivity contribution is -0.140. The van der Waals surface area contributed by atoms with Crippen molar-refractivity contribution in [3.63, 3.8) is 0 Å². The summed E-state index contributed by atoms with van der Waals surface area (Å²) in [7, 11) is 1.36. The van der Waals surface area contributed by atoms with Gasteiger partial charge in [0.05, 0.1) is 13.2 Å². The summed E-state index contributed by atoms with van der Waals surface area (Å²) in [6, 6.07) is -1.07. The zero-order valence-electron chi connectivity index (χ0n) is 8.99. The van der Waals surface area contributed by atoms with Crippen molar-refractivity contribution in [3.05, 3.63) is 0 Å². The topological polar surface area (TPSA) is 84.9 Å². The van der Waals surface area contributed by atoms with Crippen LogP contribution in [0.3, 0.4) is 0 Å². The van der Waals surface area contributed by atoms with Crippen LogP contribution in [0.4, 0.5) is 4.79 Å². The molecule has 0 aromatic rings. The van der Waals surface area contributed by atoms with Crippen LogP contribution in [-0.2, 0) is 14.3 Å². The van der Waals surface area contributed by atoms with E-state index in [0.29, 0.717) is 6.61 Å². The van der Waals surface area contributed by atoms with Crippen LogP contribution in [0.2, 0.25) is 0 Å². The molecule has 0 fully saturated rings. The number of hydrogen-bond acceptors (Lipinski definition) is 4. The minimum absolute atomic E-state index is 0.0851. The van der Waals surface area contributed by atoms with Crippen molar-refractivity contribution >= 4 is 12.1 Å². The van der Waals surface area contributed by atoms with E-state index in [1.54, 1.807) is 0 Å². The van der Waals surface area contributed by atoms with Crippen molar-refractivity contribution in [2.75, 3.05) is 20.3 Å². The summed E-state index contributed by atoms with van der Waals surface area (Å²) in [5, 5.41) is 10.9. The zero-order chi connectivity index (χ0) is 11.7. The van der Waals surface area contributed by atoms with Gasteiger partial charge in [-0.05, 0) is 6.42 Å². The van der Waals surface area contributed by atoms with Gasteiger partial charge in [-0.2, -0.15) is 0 Å². The molecule has 15 heavy (non-hydrogen) atoms. The second-order valence-electron chi connectivity index (χ2n) is 2.98. The first kappa shape index (κ1) is 13.7. The van der Waals surface area contributed by atoms with Gasteiger partial charge in [-0.15, -0.1) is 0 Å². The van der Waals surface area contributed by atoms with Gasteiger partial charge in [0, 0.05) is 7.11 Å². The number of methoxy groups -OCH3 is 1. The monoisotopic (exact) mass is 219 g/mol.